The van der Waals surface area contributed by atoms with Crippen LogP contribution in [0.15, 0.2) is 12.4 Å². The SMILES string of the molecule is O=C(Cc1ncc[nH]1)NO. The van der Waals surface area contributed by atoms with Crippen LogP contribution >= 0.6 is 0 Å². The molecule has 0 aromatic carbocycles. The minimum Gasteiger partial charge on any atom is -0.348 e. The summed E-state index contributed by atoms with van der Waals surface area (Å²) in [5.74, 6) is 0.0569. The number of hydrogen-bond donors (Lipinski definition) is 3. The smallest absolute Gasteiger partial charge is 0.250 e. The van der Waals surface area contributed by atoms with Gasteiger partial charge in [-0.2, -0.15) is 0 Å². The summed E-state index contributed by atoms with van der Waals surface area (Å²) in [7, 11) is 0. The number of nitrogens with one attached hydrogen (secondary N) is 2. The van der Waals surface area contributed by atoms with Gasteiger partial charge in [-0.15, -0.1) is 0 Å². The van der Waals surface area contributed by atoms with E-state index >= 15 is 0 Å². The van der Waals surface area contributed by atoms with Gasteiger partial charge in [0.1, 0.15) is 5.82 Å². The van der Waals surface area contributed by atoms with Gasteiger partial charge in [0.15, 0.2) is 0 Å². The van der Waals surface area contributed by atoms with E-state index in [1.165, 1.54) is 5.48 Å². The molecular formula is C5H7N3O2. The number of rotatable bonds is 2. The van der Waals surface area contributed by atoms with Crippen molar-refractivity contribution in [1.82, 2.24) is 15.4 Å². The van der Waals surface area contributed by atoms with Crippen molar-refractivity contribution in [3.8, 4) is 0 Å². The zero-order valence-electron chi connectivity index (χ0n) is 5.16. The molecule has 1 heterocycles. The maximum atomic E-state index is 10.5. The van der Waals surface area contributed by atoms with Crippen molar-refractivity contribution in [2.45, 2.75) is 6.42 Å². The molecular weight excluding hydrogens is 134 g/mol. The second kappa shape index (κ2) is 2.98. The van der Waals surface area contributed by atoms with Gasteiger partial charge in [-0.25, -0.2) is 10.5 Å². The van der Waals surface area contributed by atoms with Gasteiger partial charge in [0.2, 0.25) is 0 Å². The highest BCUT2D eigenvalue weighted by molar-refractivity contribution is 5.76. The van der Waals surface area contributed by atoms with Gasteiger partial charge in [-0.3, -0.25) is 10.0 Å². The van der Waals surface area contributed by atoms with Gasteiger partial charge in [0.05, 0.1) is 6.42 Å². The number of imidazole rings is 1. The molecule has 0 fully saturated rings. The number of nitrogens with zero attached hydrogens (tertiary/aromatic N) is 1. The summed E-state index contributed by atoms with van der Waals surface area (Å²) in [6.07, 6.45) is 3.23. The van der Waals surface area contributed by atoms with Crippen LogP contribution in [-0.4, -0.2) is 21.1 Å². The molecule has 5 nitrogen and oxygen atoms in total. The highest BCUT2D eigenvalue weighted by atomic mass is 16.5. The first-order chi connectivity index (χ1) is 4.83. The highest BCUT2D eigenvalue weighted by Gasteiger charge is 2.01. The van der Waals surface area contributed by atoms with Gasteiger partial charge < -0.3 is 4.98 Å². The van der Waals surface area contributed by atoms with Crippen molar-refractivity contribution in [2.24, 2.45) is 0 Å². The Hall–Kier alpha value is -1.36. The fraction of sp³-hybridized carbons (Fsp3) is 0.200. The predicted molar refractivity (Wildman–Crippen MR) is 32.2 cm³/mol. The van der Waals surface area contributed by atoms with E-state index in [1.54, 1.807) is 12.4 Å². The molecule has 0 aliphatic heterocycles. The summed E-state index contributed by atoms with van der Waals surface area (Å²) in [5, 5.41) is 8.09. The molecule has 0 atom stereocenters. The number of hydrogen-bond acceptors (Lipinski definition) is 3. The molecule has 0 spiro atoms. The molecule has 0 unspecified atom stereocenters. The fourth-order valence-electron chi connectivity index (χ4n) is 0.586. The Kier molecular flexibility index (Phi) is 2.01. The van der Waals surface area contributed by atoms with Crippen molar-refractivity contribution in [1.29, 1.82) is 0 Å². The number of carbonyl (C=O) groups excluding carboxylic acids is 1. The van der Waals surface area contributed by atoms with Gasteiger partial charge in [-0.05, 0) is 0 Å². The number of aromatic amines is 1. The molecule has 1 amide bonds. The Morgan fingerprint density at radius 2 is 2.70 bits per heavy atom. The monoisotopic (exact) mass is 141 g/mol. The quantitative estimate of drug-likeness (QED) is 0.382. The van der Waals surface area contributed by atoms with Crippen LogP contribution in [-0.2, 0) is 11.2 Å². The van der Waals surface area contributed by atoms with E-state index in [2.05, 4.69) is 9.97 Å². The van der Waals surface area contributed by atoms with Crippen LogP contribution in [0.3, 0.4) is 0 Å². The summed E-state index contributed by atoms with van der Waals surface area (Å²) in [5.41, 5.74) is 1.50. The van der Waals surface area contributed by atoms with Crippen molar-refractivity contribution in [3.05, 3.63) is 18.2 Å². The number of H-pyrrole nitrogens is 1. The van der Waals surface area contributed by atoms with Crippen LogP contribution in [0.1, 0.15) is 5.82 Å². The largest absolute Gasteiger partial charge is 0.348 e. The Labute approximate surface area is 57.0 Å². The second-order valence-corrected chi connectivity index (χ2v) is 1.75. The van der Waals surface area contributed by atoms with Gasteiger partial charge in [0.25, 0.3) is 5.91 Å². The third-order valence-electron chi connectivity index (χ3n) is 1.01. The topological polar surface area (TPSA) is 78.0 Å². The lowest BCUT2D eigenvalue weighted by Crippen LogP contribution is -2.21. The Morgan fingerprint density at radius 3 is 3.20 bits per heavy atom. The van der Waals surface area contributed by atoms with Crippen LogP contribution in [0.25, 0.3) is 0 Å². The lowest BCUT2D eigenvalue weighted by molar-refractivity contribution is -0.128. The standard InChI is InChI=1S/C5H7N3O2/c9-5(8-10)3-4-6-1-2-7-4/h1-2,10H,3H2,(H,6,7)(H,8,9). The minimum absolute atomic E-state index is 0.0729. The van der Waals surface area contributed by atoms with E-state index in [0.29, 0.717) is 5.82 Å². The average Bonchev–Trinajstić information content (AvgIpc) is 2.40. The summed E-state index contributed by atoms with van der Waals surface area (Å²) < 4.78 is 0. The van der Waals surface area contributed by atoms with Crippen molar-refractivity contribution < 1.29 is 10.0 Å². The maximum Gasteiger partial charge on any atom is 0.250 e. The van der Waals surface area contributed by atoms with Crippen LogP contribution in [0.5, 0.6) is 0 Å². The predicted octanol–water partition coefficient (Wildman–Crippen LogP) is -0.542. The number of aromatic nitrogens is 2. The van der Waals surface area contributed by atoms with E-state index in [9.17, 15) is 4.79 Å². The zero-order chi connectivity index (χ0) is 7.40. The van der Waals surface area contributed by atoms with E-state index < -0.39 is 5.91 Å². The highest BCUT2D eigenvalue weighted by Crippen LogP contribution is 1.88. The van der Waals surface area contributed by atoms with Gasteiger partial charge >= 0.3 is 0 Å². The van der Waals surface area contributed by atoms with Gasteiger partial charge in [-0.1, -0.05) is 0 Å². The van der Waals surface area contributed by atoms with Crippen LogP contribution < -0.4 is 5.48 Å². The van der Waals surface area contributed by atoms with Crippen molar-refractivity contribution >= 4 is 5.91 Å². The average molecular weight is 141 g/mol. The lowest BCUT2D eigenvalue weighted by atomic mass is 10.4. The Balaban J connectivity index is 2.48. The maximum absolute atomic E-state index is 10.5. The Bertz CT molecular complexity index is 207. The molecule has 1 aromatic rings. The molecule has 0 aliphatic carbocycles. The molecule has 1 aromatic heterocycles. The summed E-state index contributed by atoms with van der Waals surface area (Å²) in [6, 6.07) is 0. The molecule has 5 heteroatoms. The van der Waals surface area contributed by atoms with E-state index in [1.807, 2.05) is 0 Å². The molecule has 0 radical (unpaired) electrons. The first kappa shape index (κ1) is 6.76. The summed E-state index contributed by atoms with van der Waals surface area (Å²) >= 11 is 0. The molecule has 0 saturated heterocycles. The normalized spacial score (nSPS) is 9.30. The first-order valence-electron chi connectivity index (χ1n) is 2.74. The van der Waals surface area contributed by atoms with Gasteiger partial charge in [0, 0.05) is 12.4 Å². The molecule has 0 bridgehead atoms. The number of amides is 1. The van der Waals surface area contributed by atoms with Crippen LogP contribution in [0.4, 0.5) is 0 Å². The number of hydroxylamine groups is 1. The molecule has 0 aliphatic rings. The van der Waals surface area contributed by atoms with E-state index in [0.717, 1.165) is 0 Å². The molecule has 0 saturated carbocycles. The minimum atomic E-state index is -0.477. The Morgan fingerprint density at radius 1 is 1.90 bits per heavy atom. The molecule has 54 valence electrons. The lowest BCUT2D eigenvalue weighted by Gasteiger charge is -1.92. The zero-order valence-corrected chi connectivity index (χ0v) is 5.16. The van der Waals surface area contributed by atoms with E-state index in [4.69, 9.17) is 5.21 Å². The molecule has 10 heavy (non-hydrogen) atoms. The molecule has 3 N–H and O–H groups in total. The van der Waals surface area contributed by atoms with Crippen LogP contribution in [0.2, 0.25) is 0 Å². The summed E-state index contributed by atoms with van der Waals surface area (Å²) in [4.78, 5) is 17.0. The molecule has 1 rings (SSSR count). The third kappa shape index (κ3) is 1.56. The summed E-state index contributed by atoms with van der Waals surface area (Å²) in [6.45, 7) is 0. The fourth-order valence-corrected chi connectivity index (χ4v) is 0.586. The van der Waals surface area contributed by atoms with Crippen LogP contribution in [0, 0.1) is 0 Å². The van der Waals surface area contributed by atoms with E-state index in [-0.39, 0.29) is 6.42 Å². The van der Waals surface area contributed by atoms with Crippen molar-refractivity contribution in [3.63, 3.8) is 0 Å². The first-order valence-corrected chi connectivity index (χ1v) is 2.74. The van der Waals surface area contributed by atoms with Crippen molar-refractivity contribution in [2.75, 3.05) is 0 Å². The third-order valence-corrected chi connectivity index (χ3v) is 1.01. The second-order valence-electron chi connectivity index (χ2n) is 1.75. The number of carbonyl (C=O) groups is 1.